The van der Waals surface area contributed by atoms with Gasteiger partial charge in [-0.25, -0.2) is 4.98 Å². The van der Waals surface area contributed by atoms with E-state index < -0.39 is 0 Å². The number of rotatable bonds is 4. The summed E-state index contributed by atoms with van der Waals surface area (Å²) in [6, 6.07) is 1.05. The third-order valence-corrected chi connectivity index (χ3v) is 6.04. The van der Waals surface area contributed by atoms with Gasteiger partial charge in [0, 0.05) is 43.1 Å². The minimum atomic E-state index is 0.383. The maximum absolute atomic E-state index is 5.46. The molecule has 0 aliphatic carbocycles. The standard InChI is InChI=1S/C15H26N4OS/c1-11(16-3)14-12(2)17-15(21-14)19-5-4-13(10-19)18-6-8-20-9-7-18/h11,13,16H,4-10H2,1-3H3. The largest absolute Gasteiger partial charge is 0.379 e. The van der Waals surface area contributed by atoms with E-state index in [1.807, 2.05) is 18.4 Å². The summed E-state index contributed by atoms with van der Waals surface area (Å²) in [6.45, 7) is 10.5. The first-order chi connectivity index (χ1) is 10.2. The quantitative estimate of drug-likeness (QED) is 0.915. The van der Waals surface area contributed by atoms with Crippen LogP contribution in [0, 0.1) is 6.92 Å². The van der Waals surface area contributed by atoms with Crippen molar-refractivity contribution in [3.63, 3.8) is 0 Å². The van der Waals surface area contributed by atoms with Crippen molar-refractivity contribution in [1.82, 2.24) is 15.2 Å². The van der Waals surface area contributed by atoms with Crippen molar-refractivity contribution in [3.05, 3.63) is 10.6 Å². The normalized spacial score (nSPS) is 25.5. The van der Waals surface area contributed by atoms with Gasteiger partial charge in [-0.05, 0) is 27.3 Å². The molecule has 0 spiro atoms. The Morgan fingerprint density at radius 2 is 2.10 bits per heavy atom. The Bertz CT molecular complexity index is 472. The van der Waals surface area contributed by atoms with Gasteiger partial charge in [0.2, 0.25) is 0 Å². The molecular weight excluding hydrogens is 284 g/mol. The zero-order valence-electron chi connectivity index (χ0n) is 13.3. The van der Waals surface area contributed by atoms with E-state index in [2.05, 4.69) is 29.0 Å². The summed E-state index contributed by atoms with van der Waals surface area (Å²) in [6.07, 6.45) is 1.25. The van der Waals surface area contributed by atoms with E-state index in [0.29, 0.717) is 12.1 Å². The number of thiazole rings is 1. The lowest BCUT2D eigenvalue weighted by molar-refractivity contribution is 0.0209. The molecule has 0 bridgehead atoms. The summed E-state index contributed by atoms with van der Waals surface area (Å²) in [4.78, 5) is 11.2. The summed E-state index contributed by atoms with van der Waals surface area (Å²) < 4.78 is 5.46. The van der Waals surface area contributed by atoms with Crippen molar-refractivity contribution in [2.45, 2.75) is 32.4 Å². The van der Waals surface area contributed by atoms with E-state index >= 15 is 0 Å². The number of nitrogens with one attached hydrogen (secondary N) is 1. The molecule has 2 atom stereocenters. The van der Waals surface area contributed by atoms with Gasteiger partial charge in [-0.15, -0.1) is 11.3 Å². The summed E-state index contributed by atoms with van der Waals surface area (Å²) in [5.74, 6) is 0. The van der Waals surface area contributed by atoms with Gasteiger partial charge in [-0.1, -0.05) is 0 Å². The Hall–Kier alpha value is -0.690. The highest BCUT2D eigenvalue weighted by molar-refractivity contribution is 7.15. The minimum Gasteiger partial charge on any atom is -0.379 e. The molecule has 2 saturated heterocycles. The highest BCUT2D eigenvalue weighted by Gasteiger charge is 2.30. The maximum Gasteiger partial charge on any atom is 0.185 e. The third-order valence-electron chi connectivity index (χ3n) is 4.64. The molecule has 2 fully saturated rings. The smallest absolute Gasteiger partial charge is 0.185 e. The van der Waals surface area contributed by atoms with Crippen molar-refractivity contribution in [3.8, 4) is 0 Å². The number of hydrogen-bond donors (Lipinski definition) is 1. The number of morpholine rings is 1. The topological polar surface area (TPSA) is 40.6 Å². The molecule has 3 rings (SSSR count). The summed E-state index contributed by atoms with van der Waals surface area (Å²) in [7, 11) is 2.01. The molecule has 0 aromatic carbocycles. The maximum atomic E-state index is 5.46. The highest BCUT2D eigenvalue weighted by Crippen LogP contribution is 2.33. The molecule has 5 nitrogen and oxygen atoms in total. The number of ether oxygens (including phenoxy) is 1. The lowest BCUT2D eigenvalue weighted by Crippen LogP contribution is -2.44. The summed E-state index contributed by atoms with van der Waals surface area (Å²) in [5.41, 5.74) is 1.17. The molecule has 21 heavy (non-hydrogen) atoms. The minimum absolute atomic E-state index is 0.383. The molecule has 2 aliphatic heterocycles. The second-order valence-corrected chi connectivity index (χ2v) is 7.00. The fourth-order valence-corrected chi connectivity index (χ4v) is 4.38. The summed E-state index contributed by atoms with van der Waals surface area (Å²) >= 11 is 1.85. The Kier molecular flexibility index (Phi) is 4.78. The van der Waals surface area contributed by atoms with E-state index in [-0.39, 0.29) is 0 Å². The second-order valence-electron chi connectivity index (χ2n) is 5.99. The SMILES string of the molecule is CNC(C)c1sc(N2CCC(N3CCOCC3)C2)nc1C. The lowest BCUT2D eigenvalue weighted by Gasteiger charge is -2.32. The van der Waals surface area contributed by atoms with Gasteiger partial charge < -0.3 is 15.0 Å². The van der Waals surface area contributed by atoms with E-state index in [0.717, 1.165) is 39.4 Å². The van der Waals surface area contributed by atoms with Crippen LogP contribution in [0.5, 0.6) is 0 Å². The molecule has 0 radical (unpaired) electrons. The van der Waals surface area contributed by atoms with Gasteiger partial charge in [0.25, 0.3) is 0 Å². The number of hydrogen-bond acceptors (Lipinski definition) is 6. The van der Waals surface area contributed by atoms with Crippen LogP contribution in [0.25, 0.3) is 0 Å². The van der Waals surface area contributed by atoms with Crippen LogP contribution in [-0.4, -0.2) is 62.4 Å². The molecule has 2 unspecified atom stereocenters. The molecule has 6 heteroatoms. The van der Waals surface area contributed by atoms with Gasteiger partial charge in [0.05, 0.1) is 18.9 Å². The van der Waals surface area contributed by atoms with Crippen LogP contribution in [0.3, 0.4) is 0 Å². The van der Waals surface area contributed by atoms with Crippen LogP contribution in [0.1, 0.15) is 30.0 Å². The molecule has 0 amide bonds. The molecular formula is C15H26N4OS. The number of anilines is 1. The van der Waals surface area contributed by atoms with Crippen LogP contribution >= 0.6 is 11.3 Å². The van der Waals surface area contributed by atoms with Gasteiger partial charge in [-0.2, -0.15) is 0 Å². The van der Waals surface area contributed by atoms with Crippen molar-refractivity contribution in [2.24, 2.45) is 0 Å². The van der Waals surface area contributed by atoms with Crippen LogP contribution in [-0.2, 0) is 4.74 Å². The van der Waals surface area contributed by atoms with E-state index in [4.69, 9.17) is 9.72 Å². The predicted octanol–water partition coefficient (Wildman–Crippen LogP) is 1.64. The average molecular weight is 310 g/mol. The van der Waals surface area contributed by atoms with Crippen LogP contribution in [0.15, 0.2) is 0 Å². The fourth-order valence-electron chi connectivity index (χ4n) is 3.22. The number of nitrogens with zero attached hydrogens (tertiary/aromatic N) is 3. The average Bonchev–Trinajstić information content (AvgIpc) is 3.14. The first kappa shape index (κ1) is 15.2. The molecule has 1 aromatic heterocycles. The van der Waals surface area contributed by atoms with Gasteiger partial charge in [0.1, 0.15) is 0 Å². The fraction of sp³-hybridized carbons (Fsp3) is 0.800. The van der Waals surface area contributed by atoms with Crippen molar-refractivity contribution in [2.75, 3.05) is 51.3 Å². The van der Waals surface area contributed by atoms with Crippen LogP contribution in [0.2, 0.25) is 0 Å². The molecule has 118 valence electrons. The van der Waals surface area contributed by atoms with Crippen molar-refractivity contribution < 1.29 is 4.74 Å². The van der Waals surface area contributed by atoms with Crippen molar-refractivity contribution in [1.29, 1.82) is 0 Å². The molecule has 3 heterocycles. The third kappa shape index (κ3) is 3.23. The van der Waals surface area contributed by atoms with Crippen LogP contribution in [0.4, 0.5) is 5.13 Å². The zero-order valence-corrected chi connectivity index (χ0v) is 14.1. The zero-order chi connectivity index (χ0) is 14.8. The van der Waals surface area contributed by atoms with Crippen LogP contribution < -0.4 is 10.2 Å². The second kappa shape index (κ2) is 6.60. The Morgan fingerprint density at radius 1 is 1.33 bits per heavy atom. The molecule has 1 aromatic rings. The Labute approximate surface area is 131 Å². The van der Waals surface area contributed by atoms with E-state index in [9.17, 15) is 0 Å². The van der Waals surface area contributed by atoms with Gasteiger partial charge in [0.15, 0.2) is 5.13 Å². The highest BCUT2D eigenvalue weighted by atomic mass is 32.1. The van der Waals surface area contributed by atoms with E-state index in [1.54, 1.807) is 0 Å². The molecule has 1 N–H and O–H groups in total. The Morgan fingerprint density at radius 3 is 2.81 bits per heavy atom. The molecule has 0 saturated carbocycles. The monoisotopic (exact) mass is 310 g/mol. The van der Waals surface area contributed by atoms with Gasteiger partial charge >= 0.3 is 0 Å². The lowest BCUT2D eigenvalue weighted by atomic mass is 10.2. The van der Waals surface area contributed by atoms with Crippen molar-refractivity contribution >= 4 is 16.5 Å². The Balaban J connectivity index is 1.65. The first-order valence-corrected chi connectivity index (χ1v) is 8.72. The van der Waals surface area contributed by atoms with E-state index in [1.165, 1.54) is 22.1 Å². The van der Waals surface area contributed by atoms with Gasteiger partial charge in [-0.3, -0.25) is 4.90 Å². The number of aryl methyl sites for hydroxylation is 1. The predicted molar refractivity (Wildman–Crippen MR) is 87.3 cm³/mol. The first-order valence-electron chi connectivity index (χ1n) is 7.90. The summed E-state index contributed by atoms with van der Waals surface area (Å²) in [5, 5.41) is 4.51. The number of aromatic nitrogens is 1. The molecule has 2 aliphatic rings.